The molecule has 0 unspecified atom stereocenters. The highest BCUT2D eigenvalue weighted by Crippen LogP contribution is 2.37. The summed E-state index contributed by atoms with van der Waals surface area (Å²) >= 11 is 0. The Bertz CT molecular complexity index is 464. The predicted octanol–water partition coefficient (Wildman–Crippen LogP) is 0.595. The van der Waals surface area contributed by atoms with Crippen molar-refractivity contribution >= 4 is 17.6 Å². The molecule has 4 N–H and O–H groups in total. The number of aromatic nitrogens is 1. The van der Waals surface area contributed by atoms with E-state index >= 15 is 0 Å². The molecule has 1 aromatic heterocycles. The second kappa shape index (κ2) is 2.79. The second-order valence-electron chi connectivity index (χ2n) is 4.07. The van der Waals surface area contributed by atoms with Gasteiger partial charge in [0.2, 0.25) is 5.91 Å². The van der Waals surface area contributed by atoms with Crippen LogP contribution in [0.5, 0.6) is 0 Å². The van der Waals surface area contributed by atoms with Crippen molar-refractivity contribution in [1.82, 2.24) is 4.98 Å². The molecule has 0 bridgehead atoms. The molecule has 0 saturated carbocycles. The van der Waals surface area contributed by atoms with Gasteiger partial charge in [-0.3, -0.25) is 10.2 Å². The van der Waals surface area contributed by atoms with Crippen LogP contribution in [0.15, 0.2) is 12.3 Å². The first-order valence-corrected chi connectivity index (χ1v) is 4.60. The Labute approximate surface area is 87.2 Å². The van der Waals surface area contributed by atoms with Gasteiger partial charge in [0.25, 0.3) is 0 Å². The standard InChI is InChI=1S/C10H12N4O/c1-10(2)6-5(7(11)12)3-4-13-8(6)14-9(10)15/h3-4H,1-2H3,(H3,11,12)(H,13,14,15). The molecule has 0 atom stereocenters. The molecular weight excluding hydrogens is 192 g/mol. The summed E-state index contributed by atoms with van der Waals surface area (Å²) in [5, 5.41) is 10.1. The van der Waals surface area contributed by atoms with Crippen molar-refractivity contribution < 1.29 is 4.79 Å². The van der Waals surface area contributed by atoms with Gasteiger partial charge < -0.3 is 11.1 Å². The van der Waals surface area contributed by atoms with Crippen LogP contribution in [-0.4, -0.2) is 16.7 Å². The van der Waals surface area contributed by atoms with E-state index in [1.54, 1.807) is 19.9 Å². The van der Waals surface area contributed by atoms with Crippen LogP contribution < -0.4 is 11.1 Å². The summed E-state index contributed by atoms with van der Waals surface area (Å²) in [6.07, 6.45) is 1.54. The van der Waals surface area contributed by atoms with Crippen molar-refractivity contribution in [2.75, 3.05) is 5.32 Å². The van der Waals surface area contributed by atoms with E-state index < -0.39 is 5.41 Å². The van der Waals surface area contributed by atoms with Crippen LogP contribution in [0.4, 0.5) is 5.82 Å². The van der Waals surface area contributed by atoms with Crippen LogP contribution in [0, 0.1) is 5.41 Å². The number of amides is 1. The van der Waals surface area contributed by atoms with Crippen molar-refractivity contribution in [3.8, 4) is 0 Å². The second-order valence-corrected chi connectivity index (χ2v) is 4.07. The molecule has 0 aliphatic carbocycles. The number of pyridine rings is 1. The number of hydrogen-bond acceptors (Lipinski definition) is 3. The molecule has 1 amide bonds. The number of amidine groups is 1. The van der Waals surface area contributed by atoms with Gasteiger partial charge in [0.1, 0.15) is 11.7 Å². The van der Waals surface area contributed by atoms with E-state index in [1.807, 2.05) is 0 Å². The van der Waals surface area contributed by atoms with Crippen molar-refractivity contribution in [3.05, 3.63) is 23.4 Å². The summed E-state index contributed by atoms with van der Waals surface area (Å²) in [4.78, 5) is 15.7. The largest absolute Gasteiger partial charge is 0.384 e. The summed E-state index contributed by atoms with van der Waals surface area (Å²) in [6.45, 7) is 3.59. The first-order chi connectivity index (χ1) is 6.94. The lowest BCUT2D eigenvalue weighted by Crippen LogP contribution is -2.29. The van der Waals surface area contributed by atoms with Crippen LogP contribution in [-0.2, 0) is 10.2 Å². The summed E-state index contributed by atoms with van der Waals surface area (Å²) in [7, 11) is 0. The van der Waals surface area contributed by atoms with Gasteiger partial charge in [-0.25, -0.2) is 4.98 Å². The van der Waals surface area contributed by atoms with Crippen LogP contribution in [0.3, 0.4) is 0 Å². The van der Waals surface area contributed by atoms with Gasteiger partial charge in [0, 0.05) is 17.3 Å². The summed E-state index contributed by atoms with van der Waals surface area (Å²) < 4.78 is 0. The van der Waals surface area contributed by atoms with Gasteiger partial charge in [-0.1, -0.05) is 0 Å². The molecule has 0 fully saturated rings. The van der Waals surface area contributed by atoms with E-state index in [0.717, 1.165) is 0 Å². The number of fused-ring (bicyclic) bond motifs is 1. The molecule has 0 aromatic carbocycles. The van der Waals surface area contributed by atoms with Crippen molar-refractivity contribution in [2.45, 2.75) is 19.3 Å². The fourth-order valence-electron chi connectivity index (χ4n) is 1.79. The highest BCUT2D eigenvalue weighted by Gasteiger charge is 2.41. The highest BCUT2D eigenvalue weighted by atomic mass is 16.2. The number of nitrogen functional groups attached to an aromatic ring is 1. The molecule has 1 aliphatic heterocycles. The lowest BCUT2D eigenvalue weighted by atomic mass is 9.84. The molecule has 78 valence electrons. The van der Waals surface area contributed by atoms with Crippen LogP contribution in [0.1, 0.15) is 25.0 Å². The summed E-state index contributed by atoms with van der Waals surface area (Å²) in [5.74, 6) is 0.356. The average molecular weight is 204 g/mol. The van der Waals surface area contributed by atoms with Crippen LogP contribution in [0.25, 0.3) is 0 Å². The van der Waals surface area contributed by atoms with E-state index in [4.69, 9.17) is 11.1 Å². The van der Waals surface area contributed by atoms with E-state index in [0.29, 0.717) is 16.9 Å². The van der Waals surface area contributed by atoms with Crippen LogP contribution >= 0.6 is 0 Å². The molecule has 5 nitrogen and oxygen atoms in total. The van der Waals surface area contributed by atoms with Crippen molar-refractivity contribution in [3.63, 3.8) is 0 Å². The van der Waals surface area contributed by atoms with Gasteiger partial charge in [-0.2, -0.15) is 0 Å². The topological polar surface area (TPSA) is 91.9 Å². The number of rotatable bonds is 1. The first-order valence-electron chi connectivity index (χ1n) is 4.60. The average Bonchev–Trinajstić information content (AvgIpc) is 2.38. The quantitative estimate of drug-likeness (QED) is 0.462. The number of anilines is 1. The van der Waals surface area contributed by atoms with Gasteiger partial charge in [-0.15, -0.1) is 0 Å². The van der Waals surface area contributed by atoms with Gasteiger partial charge >= 0.3 is 0 Å². The predicted molar refractivity (Wildman–Crippen MR) is 56.9 cm³/mol. The smallest absolute Gasteiger partial charge is 0.235 e. The Hall–Kier alpha value is -1.91. The van der Waals surface area contributed by atoms with Crippen molar-refractivity contribution in [1.29, 1.82) is 5.41 Å². The molecule has 2 heterocycles. The number of nitrogens with two attached hydrogens (primary N) is 1. The molecule has 0 radical (unpaired) electrons. The third kappa shape index (κ3) is 1.20. The minimum absolute atomic E-state index is 0.0433. The Morgan fingerprint density at radius 2 is 2.27 bits per heavy atom. The van der Waals surface area contributed by atoms with E-state index in [9.17, 15) is 4.79 Å². The number of carbonyl (C=O) groups excluding carboxylic acids is 1. The third-order valence-corrected chi connectivity index (χ3v) is 2.67. The van der Waals surface area contributed by atoms with Gasteiger partial charge in [0.15, 0.2) is 0 Å². The molecular formula is C10H12N4O. The number of hydrogen-bond donors (Lipinski definition) is 3. The minimum Gasteiger partial charge on any atom is -0.384 e. The Balaban J connectivity index is 2.72. The summed E-state index contributed by atoms with van der Waals surface area (Å²) in [5.41, 5.74) is 6.08. The molecule has 0 spiro atoms. The zero-order valence-corrected chi connectivity index (χ0v) is 8.59. The van der Waals surface area contributed by atoms with E-state index in [1.165, 1.54) is 6.20 Å². The Morgan fingerprint density at radius 3 is 2.87 bits per heavy atom. The maximum absolute atomic E-state index is 11.7. The lowest BCUT2D eigenvalue weighted by molar-refractivity contribution is -0.119. The molecule has 2 rings (SSSR count). The zero-order valence-electron chi connectivity index (χ0n) is 8.59. The molecule has 15 heavy (non-hydrogen) atoms. The number of nitrogens with zero attached hydrogens (tertiary/aromatic N) is 1. The van der Waals surface area contributed by atoms with E-state index in [-0.39, 0.29) is 11.7 Å². The Kier molecular flexibility index (Phi) is 1.79. The lowest BCUT2D eigenvalue weighted by Gasteiger charge is -2.17. The first kappa shape index (κ1) is 9.64. The third-order valence-electron chi connectivity index (χ3n) is 2.67. The van der Waals surface area contributed by atoms with E-state index in [2.05, 4.69) is 10.3 Å². The normalized spacial score (nSPS) is 17.1. The zero-order chi connectivity index (χ0) is 11.2. The fraction of sp³-hybridized carbons (Fsp3) is 0.300. The summed E-state index contributed by atoms with van der Waals surface area (Å²) in [6, 6.07) is 1.66. The fourth-order valence-corrected chi connectivity index (χ4v) is 1.79. The molecule has 0 saturated heterocycles. The maximum Gasteiger partial charge on any atom is 0.235 e. The number of carbonyl (C=O) groups is 1. The van der Waals surface area contributed by atoms with Crippen LogP contribution in [0.2, 0.25) is 0 Å². The number of nitrogens with one attached hydrogen (secondary N) is 2. The molecule has 1 aromatic rings. The monoisotopic (exact) mass is 204 g/mol. The van der Waals surface area contributed by atoms with Gasteiger partial charge in [-0.05, 0) is 19.9 Å². The highest BCUT2D eigenvalue weighted by molar-refractivity contribution is 6.09. The van der Waals surface area contributed by atoms with Crippen molar-refractivity contribution in [2.24, 2.45) is 5.73 Å². The van der Waals surface area contributed by atoms with Gasteiger partial charge in [0.05, 0.1) is 5.41 Å². The Morgan fingerprint density at radius 1 is 1.60 bits per heavy atom. The molecule has 1 aliphatic rings. The maximum atomic E-state index is 11.7. The SMILES string of the molecule is CC1(C)C(=O)Nc2nccc(C(=N)N)c21. The molecule has 5 heteroatoms. The minimum atomic E-state index is -0.676.